The lowest BCUT2D eigenvalue weighted by Gasteiger charge is -2.51. The average Bonchev–Trinajstić information content (AvgIpc) is 2.86. The van der Waals surface area contributed by atoms with Crippen molar-refractivity contribution < 1.29 is 5.11 Å². The Morgan fingerprint density at radius 3 is 2.10 bits per heavy atom. The highest BCUT2D eigenvalue weighted by atomic mass is 16.3. The summed E-state index contributed by atoms with van der Waals surface area (Å²) in [6.07, 6.45) is 14.2. The van der Waals surface area contributed by atoms with Gasteiger partial charge in [-0.2, -0.15) is 0 Å². The first-order chi connectivity index (χ1) is 9.37. The molecule has 2 aliphatic rings. The molecule has 0 radical (unpaired) electrons. The van der Waals surface area contributed by atoms with Crippen molar-refractivity contribution in [3.8, 4) is 0 Å². The van der Waals surface area contributed by atoms with Gasteiger partial charge in [-0.3, -0.25) is 0 Å². The lowest BCUT2D eigenvalue weighted by molar-refractivity contribution is -0.148. The zero-order valence-electron chi connectivity index (χ0n) is 14.3. The van der Waals surface area contributed by atoms with Crippen LogP contribution in [0.4, 0.5) is 0 Å². The topological polar surface area (TPSA) is 20.2 Å². The van der Waals surface area contributed by atoms with Crippen LogP contribution in [-0.2, 0) is 0 Å². The molecule has 2 rings (SSSR count). The van der Waals surface area contributed by atoms with Gasteiger partial charge in [0, 0.05) is 0 Å². The van der Waals surface area contributed by atoms with E-state index in [1.165, 1.54) is 64.2 Å². The summed E-state index contributed by atoms with van der Waals surface area (Å²) in [6.45, 7) is 9.27. The summed E-state index contributed by atoms with van der Waals surface area (Å²) < 4.78 is 0. The maximum absolute atomic E-state index is 11.4. The Morgan fingerprint density at radius 1 is 0.950 bits per heavy atom. The van der Waals surface area contributed by atoms with E-state index in [0.717, 1.165) is 12.3 Å². The number of unbranched alkanes of at least 4 members (excludes halogenated alkanes) is 6. The van der Waals surface area contributed by atoms with Crippen LogP contribution >= 0.6 is 0 Å². The second-order valence-corrected chi connectivity index (χ2v) is 8.45. The summed E-state index contributed by atoms with van der Waals surface area (Å²) in [5.74, 6) is 0.752. The van der Waals surface area contributed by atoms with Gasteiger partial charge in [-0.25, -0.2) is 0 Å². The number of hydrogen-bond donors (Lipinski definition) is 1. The molecule has 2 fully saturated rings. The largest absolute Gasteiger partial charge is 0.389 e. The molecular weight excluding hydrogens is 244 g/mol. The van der Waals surface area contributed by atoms with E-state index in [4.69, 9.17) is 0 Å². The molecule has 1 nitrogen and oxygen atoms in total. The molecule has 0 aliphatic heterocycles. The predicted molar refractivity (Wildman–Crippen MR) is 86.8 cm³/mol. The standard InChI is InChI=1S/C19H36O/c1-5-6-7-8-9-10-11-13-19(20)17(2,3)16-12-14-18(19,4)15-16/h16,20H,5-15H2,1-4H3. The zero-order valence-corrected chi connectivity index (χ0v) is 14.3. The molecule has 2 aliphatic carbocycles. The van der Waals surface area contributed by atoms with Gasteiger partial charge in [0.1, 0.15) is 0 Å². The molecule has 1 N–H and O–H groups in total. The fraction of sp³-hybridized carbons (Fsp3) is 1.00. The van der Waals surface area contributed by atoms with Crippen LogP contribution in [0, 0.1) is 16.7 Å². The Kier molecular flexibility index (Phi) is 4.89. The third-order valence-corrected chi connectivity index (χ3v) is 6.97. The Bertz CT molecular complexity index is 315. The van der Waals surface area contributed by atoms with Crippen LogP contribution in [0.1, 0.15) is 98.3 Å². The van der Waals surface area contributed by atoms with Gasteiger partial charge in [0.25, 0.3) is 0 Å². The lowest BCUT2D eigenvalue weighted by atomic mass is 9.58. The summed E-state index contributed by atoms with van der Waals surface area (Å²) in [6, 6.07) is 0. The van der Waals surface area contributed by atoms with Gasteiger partial charge in [0.05, 0.1) is 5.60 Å². The second-order valence-electron chi connectivity index (χ2n) is 8.45. The van der Waals surface area contributed by atoms with Crippen molar-refractivity contribution in [2.24, 2.45) is 16.7 Å². The van der Waals surface area contributed by atoms with Gasteiger partial charge in [0.2, 0.25) is 0 Å². The zero-order chi connectivity index (χ0) is 14.9. The molecule has 0 spiro atoms. The van der Waals surface area contributed by atoms with Crippen LogP contribution in [0.25, 0.3) is 0 Å². The van der Waals surface area contributed by atoms with Crippen LogP contribution in [0.5, 0.6) is 0 Å². The molecule has 2 saturated carbocycles. The summed E-state index contributed by atoms with van der Waals surface area (Å²) in [5, 5.41) is 11.4. The predicted octanol–water partition coefficient (Wildman–Crippen LogP) is 5.70. The maximum atomic E-state index is 11.4. The molecule has 0 amide bonds. The molecule has 0 aromatic heterocycles. The molecule has 0 heterocycles. The molecule has 3 atom stereocenters. The van der Waals surface area contributed by atoms with E-state index in [-0.39, 0.29) is 10.8 Å². The van der Waals surface area contributed by atoms with E-state index in [1.54, 1.807) is 0 Å². The van der Waals surface area contributed by atoms with E-state index in [0.29, 0.717) is 0 Å². The highest BCUT2D eigenvalue weighted by Crippen LogP contribution is 2.69. The van der Waals surface area contributed by atoms with Crippen molar-refractivity contribution in [1.82, 2.24) is 0 Å². The van der Waals surface area contributed by atoms with Gasteiger partial charge < -0.3 is 5.11 Å². The third kappa shape index (κ3) is 2.56. The van der Waals surface area contributed by atoms with Crippen molar-refractivity contribution >= 4 is 0 Å². The van der Waals surface area contributed by atoms with Crippen molar-refractivity contribution in [2.75, 3.05) is 0 Å². The van der Waals surface area contributed by atoms with Gasteiger partial charge >= 0.3 is 0 Å². The smallest absolute Gasteiger partial charge is 0.0754 e. The van der Waals surface area contributed by atoms with Crippen LogP contribution in [0.15, 0.2) is 0 Å². The van der Waals surface area contributed by atoms with Crippen LogP contribution < -0.4 is 0 Å². The lowest BCUT2D eigenvalue weighted by Crippen LogP contribution is -2.53. The number of hydrogen-bond acceptors (Lipinski definition) is 1. The minimum absolute atomic E-state index is 0.127. The van der Waals surface area contributed by atoms with Crippen molar-refractivity contribution in [3.05, 3.63) is 0 Å². The minimum atomic E-state index is -0.410. The Balaban J connectivity index is 1.79. The molecule has 0 saturated heterocycles. The van der Waals surface area contributed by atoms with E-state index in [1.807, 2.05) is 0 Å². The van der Waals surface area contributed by atoms with E-state index >= 15 is 0 Å². The minimum Gasteiger partial charge on any atom is -0.389 e. The van der Waals surface area contributed by atoms with E-state index in [9.17, 15) is 5.11 Å². The molecule has 1 heteroatoms. The van der Waals surface area contributed by atoms with Gasteiger partial charge in [0.15, 0.2) is 0 Å². The number of fused-ring (bicyclic) bond motifs is 2. The third-order valence-electron chi connectivity index (χ3n) is 6.97. The average molecular weight is 280 g/mol. The first kappa shape index (κ1) is 16.3. The van der Waals surface area contributed by atoms with Gasteiger partial charge in [-0.1, -0.05) is 72.6 Å². The Morgan fingerprint density at radius 2 is 1.55 bits per heavy atom. The summed E-state index contributed by atoms with van der Waals surface area (Å²) in [5.41, 5.74) is -0.0854. The molecule has 118 valence electrons. The molecular formula is C19H36O. The van der Waals surface area contributed by atoms with Gasteiger partial charge in [-0.15, -0.1) is 0 Å². The molecule has 0 aromatic carbocycles. The first-order valence-corrected chi connectivity index (χ1v) is 9.10. The SMILES string of the molecule is CCCCCCCCCC1(O)C2(C)CCC(C2)C1(C)C. The first-order valence-electron chi connectivity index (χ1n) is 9.10. The molecule has 0 aromatic rings. The number of aliphatic hydroxyl groups is 1. The monoisotopic (exact) mass is 280 g/mol. The Labute approximate surface area is 126 Å². The fourth-order valence-electron chi connectivity index (χ4n) is 5.31. The van der Waals surface area contributed by atoms with Crippen molar-refractivity contribution in [2.45, 2.75) is 104 Å². The van der Waals surface area contributed by atoms with Crippen LogP contribution in [0.2, 0.25) is 0 Å². The molecule has 3 unspecified atom stereocenters. The van der Waals surface area contributed by atoms with Crippen LogP contribution in [0.3, 0.4) is 0 Å². The summed E-state index contributed by atoms with van der Waals surface area (Å²) in [4.78, 5) is 0. The fourth-order valence-corrected chi connectivity index (χ4v) is 5.31. The van der Waals surface area contributed by atoms with E-state index < -0.39 is 5.60 Å². The highest BCUT2D eigenvalue weighted by molar-refractivity contribution is 5.17. The summed E-state index contributed by atoms with van der Waals surface area (Å²) in [7, 11) is 0. The van der Waals surface area contributed by atoms with Crippen molar-refractivity contribution in [3.63, 3.8) is 0 Å². The maximum Gasteiger partial charge on any atom is 0.0754 e. The molecule has 2 bridgehead atoms. The second kappa shape index (κ2) is 5.99. The van der Waals surface area contributed by atoms with Crippen LogP contribution in [-0.4, -0.2) is 10.7 Å². The quantitative estimate of drug-likeness (QED) is 0.565. The van der Waals surface area contributed by atoms with E-state index in [2.05, 4.69) is 27.7 Å². The summed E-state index contributed by atoms with van der Waals surface area (Å²) >= 11 is 0. The number of rotatable bonds is 8. The normalized spacial score (nSPS) is 38.5. The van der Waals surface area contributed by atoms with Crippen molar-refractivity contribution in [1.29, 1.82) is 0 Å². The molecule has 20 heavy (non-hydrogen) atoms. The highest BCUT2D eigenvalue weighted by Gasteiger charge is 2.67. The Hall–Kier alpha value is -0.0400. The van der Waals surface area contributed by atoms with Gasteiger partial charge in [-0.05, 0) is 42.4 Å².